The lowest BCUT2D eigenvalue weighted by Gasteiger charge is -2.08. The lowest BCUT2D eigenvalue weighted by atomic mass is 10.2. The van der Waals surface area contributed by atoms with Gasteiger partial charge in [-0.25, -0.2) is 5.10 Å². The number of ether oxygens (including phenoxy) is 1. The second kappa shape index (κ2) is 5.20. The maximum absolute atomic E-state index is 11.7. The van der Waals surface area contributed by atoms with Gasteiger partial charge in [0.1, 0.15) is 12.5 Å². The average molecular weight is 232 g/mol. The van der Waals surface area contributed by atoms with Crippen LogP contribution in [0.2, 0.25) is 0 Å². The molecule has 0 amide bonds. The zero-order valence-electron chi connectivity index (χ0n) is 9.33. The molecule has 0 fully saturated rings. The third-order valence-electron chi connectivity index (χ3n) is 2.35. The van der Waals surface area contributed by atoms with Crippen molar-refractivity contribution in [3.8, 4) is 0 Å². The summed E-state index contributed by atoms with van der Waals surface area (Å²) in [5, 5.41) is 13.0. The lowest BCUT2D eigenvalue weighted by Crippen LogP contribution is -2.14. The monoisotopic (exact) mass is 232 g/mol. The van der Waals surface area contributed by atoms with Gasteiger partial charge in [0.15, 0.2) is 5.82 Å². The smallest absolute Gasteiger partial charge is 0.316 e. The molecule has 1 unspecified atom stereocenters. The summed E-state index contributed by atoms with van der Waals surface area (Å²) in [5.74, 6) is -0.441. The van der Waals surface area contributed by atoms with Crippen LogP contribution in [0.3, 0.4) is 0 Å². The predicted molar refractivity (Wildman–Crippen MR) is 58.8 cm³/mol. The lowest BCUT2D eigenvalue weighted by molar-refractivity contribution is -0.146. The Kier molecular flexibility index (Phi) is 3.44. The summed E-state index contributed by atoms with van der Waals surface area (Å²) >= 11 is 0. The molecule has 6 nitrogen and oxygen atoms in total. The first-order chi connectivity index (χ1) is 8.27. The standard InChI is InChI=1S/C11H12N4O2/c1-8(10-12-14-15-13-10)11(16)17-7-9-5-3-2-4-6-9/h2-6,8H,7H2,1H3,(H,12,13,14,15). The third-order valence-corrected chi connectivity index (χ3v) is 2.35. The first-order valence-corrected chi connectivity index (χ1v) is 5.21. The van der Waals surface area contributed by atoms with Gasteiger partial charge in [-0.15, -0.1) is 5.10 Å². The largest absolute Gasteiger partial charge is 0.460 e. The zero-order valence-corrected chi connectivity index (χ0v) is 9.33. The molecular weight excluding hydrogens is 220 g/mol. The van der Waals surface area contributed by atoms with Gasteiger partial charge in [-0.05, 0) is 22.9 Å². The fraction of sp³-hybridized carbons (Fsp3) is 0.273. The van der Waals surface area contributed by atoms with Crippen LogP contribution in [0.15, 0.2) is 30.3 Å². The SMILES string of the molecule is CC(C(=O)OCc1ccccc1)c1nnn[nH]1. The van der Waals surface area contributed by atoms with E-state index in [2.05, 4.69) is 20.6 Å². The Labute approximate surface area is 98.0 Å². The van der Waals surface area contributed by atoms with E-state index in [0.29, 0.717) is 5.82 Å². The Hall–Kier alpha value is -2.24. The van der Waals surface area contributed by atoms with Crippen LogP contribution in [0.5, 0.6) is 0 Å². The minimum atomic E-state index is -0.492. The molecule has 0 saturated carbocycles. The number of rotatable bonds is 4. The van der Waals surface area contributed by atoms with Crippen LogP contribution in [0.4, 0.5) is 0 Å². The third kappa shape index (κ3) is 2.87. The van der Waals surface area contributed by atoms with Crippen molar-refractivity contribution in [3.05, 3.63) is 41.7 Å². The van der Waals surface area contributed by atoms with Crippen LogP contribution >= 0.6 is 0 Å². The zero-order chi connectivity index (χ0) is 12.1. The molecule has 17 heavy (non-hydrogen) atoms. The van der Waals surface area contributed by atoms with Crippen LogP contribution in [-0.4, -0.2) is 26.6 Å². The molecule has 0 saturated heterocycles. The number of H-pyrrole nitrogens is 1. The van der Waals surface area contributed by atoms with Crippen LogP contribution in [0.25, 0.3) is 0 Å². The Morgan fingerprint density at radius 1 is 1.41 bits per heavy atom. The van der Waals surface area contributed by atoms with Crippen molar-refractivity contribution in [1.82, 2.24) is 20.6 Å². The number of esters is 1. The van der Waals surface area contributed by atoms with E-state index in [0.717, 1.165) is 5.56 Å². The number of aromatic nitrogens is 4. The van der Waals surface area contributed by atoms with Gasteiger partial charge in [0.05, 0.1) is 0 Å². The number of hydrogen-bond acceptors (Lipinski definition) is 5. The molecule has 1 aromatic heterocycles. The maximum Gasteiger partial charge on any atom is 0.316 e. The summed E-state index contributed by atoms with van der Waals surface area (Å²) in [7, 11) is 0. The summed E-state index contributed by atoms with van der Waals surface area (Å²) in [5.41, 5.74) is 0.948. The summed E-state index contributed by atoms with van der Waals surface area (Å²) < 4.78 is 5.16. The summed E-state index contributed by atoms with van der Waals surface area (Å²) in [6.45, 7) is 1.95. The summed E-state index contributed by atoms with van der Waals surface area (Å²) in [4.78, 5) is 11.7. The highest BCUT2D eigenvalue weighted by atomic mass is 16.5. The Morgan fingerprint density at radius 3 is 2.82 bits per heavy atom. The molecule has 1 atom stereocenters. The van der Waals surface area contributed by atoms with Crippen molar-refractivity contribution < 1.29 is 9.53 Å². The van der Waals surface area contributed by atoms with Crippen molar-refractivity contribution in [3.63, 3.8) is 0 Å². The highest BCUT2D eigenvalue weighted by Gasteiger charge is 2.20. The van der Waals surface area contributed by atoms with Crippen molar-refractivity contribution >= 4 is 5.97 Å². The molecule has 0 bridgehead atoms. The highest BCUT2D eigenvalue weighted by Crippen LogP contribution is 2.11. The molecule has 0 aliphatic rings. The van der Waals surface area contributed by atoms with E-state index >= 15 is 0 Å². The number of hydrogen-bond donors (Lipinski definition) is 1. The van der Waals surface area contributed by atoms with Crippen molar-refractivity contribution in [2.75, 3.05) is 0 Å². The first kappa shape index (κ1) is 11.3. The quantitative estimate of drug-likeness (QED) is 0.797. The second-order valence-electron chi connectivity index (χ2n) is 3.60. The van der Waals surface area contributed by atoms with E-state index in [1.807, 2.05) is 30.3 Å². The van der Waals surface area contributed by atoms with Crippen molar-refractivity contribution in [1.29, 1.82) is 0 Å². The molecule has 2 aromatic rings. The fourth-order valence-electron chi connectivity index (χ4n) is 1.32. The summed E-state index contributed by atoms with van der Waals surface area (Å²) in [6.07, 6.45) is 0. The maximum atomic E-state index is 11.7. The fourth-order valence-corrected chi connectivity index (χ4v) is 1.32. The molecule has 0 aliphatic heterocycles. The minimum Gasteiger partial charge on any atom is -0.460 e. The Balaban J connectivity index is 1.90. The van der Waals surface area contributed by atoms with E-state index in [1.54, 1.807) is 6.92 Å². The molecule has 1 N–H and O–H groups in total. The number of nitrogens with zero attached hydrogens (tertiary/aromatic N) is 3. The Morgan fingerprint density at radius 2 is 2.18 bits per heavy atom. The second-order valence-corrected chi connectivity index (χ2v) is 3.60. The normalized spacial score (nSPS) is 12.1. The summed E-state index contributed by atoms with van der Waals surface area (Å²) in [6, 6.07) is 9.50. The molecule has 1 heterocycles. The van der Waals surface area contributed by atoms with Gasteiger partial charge >= 0.3 is 5.97 Å². The van der Waals surface area contributed by atoms with Crippen molar-refractivity contribution in [2.24, 2.45) is 0 Å². The predicted octanol–water partition coefficient (Wildman–Crippen LogP) is 1.05. The van der Waals surface area contributed by atoms with E-state index in [-0.39, 0.29) is 12.6 Å². The van der Waals surface area contributed by atoms with Gasteiger partial charge in [0, 0.05) is 0 Å². The molecule has 0 radical (unpaired) electrons. The van der Waals surface area contributed by atoms with Crippen LogP contribution in [0.1, 0.15) is 24.2 Å². The molecule has 0 spiro atoms. The van der Waals surface area contributed by atoms with E-state index in [1.165, 1.54) is 0 Å². The molecule has 88 valence electrons. The molecule has 1 aromatic carbocycles. The highest BCUT2D eigenvalue weighted by molar-refractivity contribution is 5.76. The Bertz CT molecular complexity index is 469. The average Bonchev–Trinajstić information content (AvgIpc) is 2.90. The minimum absolute atomic E-state index is 0.256. The number of benzene rings is 1. The van der Waals surface area contributed by atoms with Gasteiger partial charge in [-0.3, -0.25) is 4.79 Å². The van der Waals surface area contributed by atoms with Gasteiger partial charge in [0.25, 0.3) is 0 Å². The number of tetrazole rings is 1. The van der Waals surface area contributed by atoms with E-state index in [4.69, 9.17) is 4.74 Å². The van der Waals surface area contributed by atoms with Gasteiger partial charge in [-0.2, -0.15) is 0 Å². The number of aromatic amines is 1. The number of carbonyl (C=O) groups excluding carboxylic acids is 1. The number of carbonyl (C=O) groups is 1. The molecule has 0 aliphatic carbocycles. The van der Waals surface area contributed by atoms with Crippen LogP contribution < -0.4 is 0 Å². The van der Waals surface area contributed by atoms with Crippen LogP contribution in [-0.2, 0) is 16.1 Å². The van der Waals surface area contributed by atoms with Gasteiger partial charge < -0.3 is 4.74 Å². The topological polar surface area (TPSA) is 80.8 Å². The van der Waals surface area contributed by atoms with E-state index in [9.17, 15) is 4.79 Å². The molecule has 6 heteroatoms. The first-order valence-electron chi connectivity index (χ1n) is 5.21. The molecular formula is C11H12N4O2. The molecule has 2 rings (SSSR count). The number of nitrogens with one attached hydrogen (secondary N) is 1. The van der Waals surface area contributed by atoms with Gasteiger partial charge in [0.2, 0.25) is 0 Å². The van der Waals surface area contributed by atoms with E-state index < -0.39 is 5.92 Å². The van der Waals surface area contributed by atoms with Crippen LogP contribution in [0, 0.1) is 0 Å². The van der Waals surface area contributed by atoms with Crippen molar-refractivity contribution in [2.45, 2.75) is 19.4 Å². The van der Waals surface area contributed by atoms with Gasteiger partial charge in [-0.1, -0.05) is 30.3 Å².